The lowest BCUT2D eigenvalue weighted by Crippen LogP contribution is -2.33. The topological polar surface area (TPSA) is 129 Å². The third-order valence-electron chi connectivity index (χ3n) is 8.02. The van der Waals surface area contributed by atoms with Crippen LogP contribution in [-0.4, -0.2) is 55.4 Å². The smallest absolute Gasteiger partial charge is 0.306 e. The molecule has 240 valence electrons. The Bertz CT molecular complexity index is 1760. The number of fused-ring (bicyclic) bond motifs is 2. The molecule has 13 heteroatoms. The second kappa shape index (κ2) is 13.6. The highest BCUT2D eigenvalue weighted by Crippen LogP contribution is 2.44. The molecule has 5 rings (SSSR count). The van der Waals surface area contributed by atoms with Crippen LogP contribution in [0.3, 0.4) is 0 Å². The van der Waals surface area contributed by atoms with Crippen LogP contribution in [-0.2, 0) is 16.0 Å². The maximum atomic E-state index is 15.6. The molecule has 1 aliphatic rings. The van der Waals surface area contributed by atoms with E-state index in [0.29, 0.717) is 27.6 Å². The number of thiophene rings is 2. The summed E-state index contributed by atoms with van der Waals surface area (Å²) in [6.07, 6.45) is 2.12. The molecule has 45 heavy (non-hydrogen) atoms. The normalized spacial score (nSPS) is 16.7. The Hall–Kier alpha value is -3.97. The second-order valence-corrected chi connectivity index (χ2v) is 13.2. The predicted molar refractivity (Wildman–Crippen MR) is 166 cm³/mol. The van der Waals surface area contributed by atoms with Gasteiger partial charge in [0, 0.05) is 50.0 Å². The fourth-order valence-corrected chi connectivity index (χ4v) is 7.55. The summed E-state index contributed by atoms with van der Waals surface area (Å²) in [4.78, 5) is 36.2. The first-order chi connectivity index (χ1) is 21.5. The molecular formula is C32H32F2O9S2. The third-order valence-corrected chi connectivity index (χ3v) is 10.3. The van der Waals surface area contributed by atoms with E-state index in [0.717, 1.165) is 22.6 Å². The van der Waals surface area contributed by atoms with Gasteiger partial charge in [-0.2, -0.15) is 0 Å². The van der Waals surface area contributed by atoms with Crippen LogP contribution in [0.2, 0.25) is 0 Å². The highest BCUT2D eigenvalue weighted by Gasteiger charge is 2.36. The highest BCUT2D eigenvalue weighted by molar-refractivity contribution is 7.21. The van der Waals surface area contributed by atoms with E-state index in [1.165, 1.54) is 38.5 Å². The first-order valence-corrected chi connectivity index (χ1v) is 16.0. The largest absolute Gasteiger partial charge is 0.493 e. The summed E-state index contributed by atoms with van der Waals surface area (Å²) in [7, 11) is 2.78. The number of Topliss-reactive ketones (excluding diaryl/α,β-unsaturated/α-hetero) is 1. The van der Waals surface area contributed by atoms with Crippen molar-refractivity contribution in [2.45, 2.75) is 39.0 Å². The summed E-state index contributed by atoms with van der Waals surface area (Å²) >= 11 is 2.45. The molecule has 1 saturated carbocycles. The maximum absolute atomic E-state index is 15.6. The van der Waals surface area contributed by atoms with Crippen LogP contribution in [0.25, 0.3) is 20.2 Å². The average Bonchev–Trinajstić information content (AvgIpc) is 3.61. The number of ether oxygens (including phenoxy) is 4. The molecule has 0 saturated heterocycles. The number of rotatable bonds is 15. The van der Waals surface area contributed by atoms with E-state index in [1.54, 1.807) is 18.2 Å². The Morgan fingerprint density at radius 3 is 1.98 bits per heavy atom. The van der Waals surface area contributed by atoms with Crippen molar-refractivity contribution < 1.29 is 52.3 Å². The van der Waals surface area contributed by atoms with Gasteiger partial charge in [-0.25, -0.2) is 8.78 Å². The van der Waals surface area contributed by atoms with E-state index in [9.17, 15) is 19.5 Å². The van der Waals surface area contributed by atoms with Gasteiger partial charge >= 0.3 is 11.9 Å². The molecule has 1 aliphatic carbocycles. The number of aliphatic carboxylic acids is 2. The molecule has 0 bridgehead atoms. The lowest BCUT2D eigenvalue weighted by Gasteiger charge is -2.32. The Morgan fingerprint density at radius 1 is 0.889 bits per heavy atom. The Morgan fingerprint density at radius 2 is 1.47 bits per heavy atom. The van der Waals surface area contributed by atoms with Crippen molar-refractivity contribution in [2.24, 2.45) is 17.8 Å². The fourth-order valence-electron chi connectivity index (χ4n) is 5.33. The Balaban J connectivity index is 1.24. The maximum Gasteiger partial charge on any atom is 0.306 e. The first kappa shape index (κ1) is 32.4. The minimum absolute atomic E-state index is 0.00570. The summed E-state index contributed by atoms with van der Waals surface area (Å²) in [5.41, 5.74) is 0. The molecule has 2 unspecified atom stereocenters. The number of hydrogen-bond donors (Lipinski definition) is 2. The van der Waals surface area contributed by atoms with E-state index >= 15 is 8.78 Å². The van der Waals surface area contributed by atoms with Gasteiger partial charge in [0.25, 0.3) is 0 Å². The molecule has 0 aliphatic heterocycles. The monoisotopic (exact) mass is 662 g/mol. The standard InChI is InChI=1S/C32H32F2O9S2/c1-15(31(36)37)9-21(35)26-12-20-25(45-26)14-23(41-3)30(28(20)34)43-8-4-7-42-29-22(40-2)13-24-19(27(29)33)11-17(44-24)10-16-5-6-18(16)32(38)39/h11-16,18H,4-10H2,1-3H3,(H,36,37)(H,38,39)/t15-,16?,18?/m0/s1. The van der Waals surface area contributed by atoms with Crippen molar-refractivity contribution in [3.05, 3.63) is 45.7 Å². The van der Waals surface area contributed by atoms with Crippen LogP contribution in [0.15, 0.2) is 24.3 Å². The number of carbonyl (C=O) groups is 3. The number of hydrogen-bond acceptors (Lipinski definition) is 9. The lowest BCUT2D eigenvalue weighted by atomic mass is 9.72. The minimum atomic E-state index is -1.09. The average molecular weight is 663 g/mol. The van der Waals surface area contributed by atoms with E-state index in [4.69, 9.17) is 24.1 Å². The SMILES string of the molecule is COc1cc2sc(CC3CCC3C(=O)O)cc2c(F)c1OCCCOc1c(OC)cc2sc(C(=O)C[C@H](C)C(=O)O)cc2c1F. The number of carboxylic acid groups (broad SMARTS) is 2. The van der Waals surface area contributed by atoms with Crippen molar-refractivity contribution in [1.82, 2.24) is 0 Å². The number of ketones is 1. The van der Waals surface area contributed by atoms with Crippen molar-refractivity contribution >= 4 is 60.6 Å². The molecule has 0 radical (unpaired) electrons. The zero-order valence-electron chi connectivity index (χ0n) is 24.8. The van der Waals surface area contributed by atoms with Crippen LogP contribution >= 0.6 is 22.7 Å². The molecule has 2 aromatic carbocycles. The Kier molecular flexibility index (Phi) is 9.78. The second-order valence-electron chi connectivity index (χ2n) is 11.0. The fraction of sp³-hybridized carbons (Fsp3) is 0.406. The number of carboxylic acids is 2. The summed E-state index contributed by atoms with van der Waals surface area (Å²) in [5.74, 6) is -4.61. The van der Waals surface area contributed by atoms with Crippen LogP contribution in [0.5, 0.6) is 23.0 Å². The molecule has 9 nitrogen and oxygen atoms in total. The molecular weight excluding hydrogens is 630 g/mol. The van der Waals surface area contributed by atoms with Gasteiger partial charge in [0.15, 0.2) is 40.4 Å². The first-order valence-electron chi connectivity index (χ1n) is 14.4. The van der Waals surface area contributed by atoms with Gasteiger partial charge in [-0.3, -0.25) is 14.4 Å². The quantitative estimate of drug-likeness (QED) is 0.100. The van der Waals surface area contributed by atoms with Crippen molar-refractivity contribution in [3.63, 3.8) is 0 Å². The summed E-state index contributed by atoms with van der Waals surface area (Å²) < 4.78 is 54.4. The molecule has 3 atom stereocenters. The molecule has 0 amide bonds. The zero-order valence-corrected chi connectivity index (χ0v) is 26.4. The third kappa shape index (κ3) is 6.69. The van der Waals surface area contributed by atoms with Crippen molar-refractivity contribution in [2.75, 3.05) is 27.4 Å². The molecule has 0 spiro atoms. The van der Waals surface area contributed by atoms with Gasteiger partial charge in [0.05, 0.1) is 44.1 Å². The van der Waals surface area contributed by atoms with Gasteiger partial charge in [-0.15, -0.1) is 22.7 Å². The van der Waals surface area contributed by atoms with Gasteiger partial charge in [0.2, 0.25) is 0 Å². The predicted octanol–water partition coefficient (Wildman–Crippen LogP) is 7.21. The summed E-state index contributed by atoms with van der Waals surface area (Å²) in [6.45, 7) is 1.47. The number of methoxy groups -OCH3 is 2. The van der Waals surface area contributed by atoms with Gasteiger partial charge in [0.1, 0.15) is 0 Å². The lowest BCUT2D eigenvalue weighted by molar-refractivity contribution is -0.147. The summed E-state index contributed by atoms with van der Waals surface area (Å²) in [5, 5.41) is 19.0. The minimum Gasteiger partial charge on any atom is -0.493 e. The number of halogens is 2. The van der Waals surface area contributed by atoms with Crippen LogP contribution in [0.1, 0.15) is 47.2 Å². The summed E-state index contributed by atoms with van der Waals surface area (Å²) in [6, 6.07) is 6.39. The highest BCUT2D eigenvalue weighted by atomic mass is 32.1. The Labute approximate surface area is 265 Å². The van der Waals surface area contributed by atoms with E-state index < -0.39 is 35.3 Å². The van der Waals surface area contributed by atoms with E-state index in [2.05, 4.69) is 0 Å². The van der Waals surface area contributed by atoms with Crippen molar-refractivity contribution in [1.29, 1.82) is 0 Å². The molecule has 2 aromatic heterocycles. The van der Waals surface area contributed by atoms with Gasteiger partial charge in [-0.1, -0.05) is 6.92 Å². The molecule has 2 heterocycles. The number of carbonyl (C=O) groups excluding carboxylic acids is 1. The van der Waals surface area contributed by atoms with Crippen LogP contribution in [0.4, 0.5) is 8.78 Å². The van der Waals surface area contributed by atoms with Crippen LogP contribution < -0.4 is 18.9 Å². The van der Waals surface area contributed by atoms with E-state index in [1.807, 2.05) is 0 Å². The van der Waals surface area contributed by atoms with Gasteiger partial charge in [-0.05, 0) is 37.3 Å². The van der Waals surface area contributed by atoms with Gasteiger partial charge < -0.3 is 29.2 Å². The molecule has 4 aromatic rings. The number of benzene rings is 2. The zero-order chi connectivity index (χ0) is 32.4. The van der Waals surface area contributed by atoms with Crippen molar-refractivity contribution in [3.8, 4) is 23.0 Å². The molecule has 1 fully saturated rings. The van der Waals surface area contributed by atoms with Crippen LogP contribution in [0, 0.1) is 29.4 Å². The van der Waals surface area contributed by atoms with E-state index in [-0.39, 0.29) is 71.2 Å². The molecule has 2 N–H and O–H groups in total.